The molecule has 1 aromatic heterocycles. The van der Waals surface area contributed by atoms with E-state index in [9.17, 15) is 4.79 Å². The summed E-state index contributed by atoms with van der Waals surface area (Å²) in [5.74, 6) is -0.791. The molecule has 0 fully saturated rings. The third-order valence-electron chi connectivity index (χ3n) is 2.38. The summed E-state index contributed by atoms with van der Waals surface area (Å²) in [6.07, 6.45) is 0.693. The zero-order valence-corrected chi connectivity index (χ0v) is 9.31. The Labute approximate surface area is 97.5 Å². The summed E-state index contributed by atoms with van der Waals surface area (Å²) in [6.45, 7) is 0.575. The molecule has 1 N–H and O–H groups in total. The van der Waals surface area contributed by atoms with Crippen molar-refractivity contribution in [3.63, 3.8) is 0 Å². The molecular formula is C11H11ClN2O2. The molecule has 0 amide bonds. The average Bonchev–Trinajstić information content (AvgIpc) is 2.55. The molecular weight excluding hydrogens is 228 g/mol. The highest BCUT2D eigenvalue weighted by atomic mass is 35.5. The lowest BCUT2D eigenvalue weighted by Crippen LogP contribution is -2.02. The van der Waals surface area contributed by atoms with Crippen molar-refractivity contribution in [2.24, 2.45) is 0 Å². The van der Waals surface area contributed by atoms with Gasteiger partial charge in [0.25, 0.3) is 0 Å². The third kappa shape index (κ3) is 2.17. The van der Waals surface area contributed by atoms with Crippen molar-refractivity contribution in [3.8, 4) is 0 Å². The molecule has 0 atom stereocenters. The Bertz CT molecular complexity index is 522. The molecule has 0 saturated heterocycles. The van der Waals surface area contributed by atoms with Crippen LogP contribution in [-0.4, -0.2) is 20.6 Å². The van der Waals surface area contributed by atoms with Crippen LogP contribution in [0.5, 0.6) is 0 Å². The number of carboxylic acids is 1. The van der Waals surface area contributed by atoms with Gasteiger partial charge in [0.2, 0.25) is 5.28 Å². The first kappa shape index (κ1) is 11.0. The summed E-state index contributed by atoms with van der Waals surface area (Å²) in [4.78, 5) is 14.6. The number of rotatable bonds is 4. The summed E-state index contributed by atoms with van der Waals surface area (Å²) in [6, 6.07) is 7.62. The lowest BCUT2D eigenvalue weighted by atomic mass is 10.3. The molecule has 0 saturated carbocycles. The number of hydrogen-bond donors (Lipinski definition) is 1. The number of carbonyl (C=O) groups is 1. The lowest BCUT2D eigenvalue weighted by molar-refractivity contribution is -0.137. The second-order valence-corrected chi connectivity index (χ2v) is 3.86. The molecule has 0 aliphatic rings. The number of benzene rings is 1. The highest BCUT2D eigenvalue weighted by Gasteiger charge is 2.08. The minimum Gasteiger partial charge on any atom is -0.481 e. The van der Waals surface area contributed by atoms with Crippen LogP contribution in [0.3, 0.4) is 0 Å². The molecule has 5 heteroatoms. The minimum atomic E-state index is -0.791. The van der Waals surface area contributed by atoms with E-state index < -0.39 is 5.97 Å². The standard InChI is InChI=1S/C11H11ClN2O2/c12-11-13-8-4-1-2-5-9(8)14(11)7-3-6-10(15)16/h1-2,4-5H,3,6-7H2,(H,15,16). The predicted octanol–water partition coefficient (Wildman–Crippen LogP) is 2.55. The van der Waals surface area contributed by atoms with Gasteiger partial charge in [-0.3, -0.25) is 4.79 Å². The number of fused-ring (bicyclic) bond motifs is 1. The van der Waals surface area contributed by atoms with Gasteiger partial charge in [0.15, 0.2) is 0 Å². The topological polar surface area (TPSA) is 55.1 Å². The number of imidazole rings is 1. The van der Waals surface area contributed by atoms with Crippen LogP contribution < -0.4 is 0 Å². The molecule has 0 bridgehead atoms. The maximum absolute atomic E-state index is 10.4. The zero-order valence-electron chi connectivity index (χ0n) is 8.56. The summed E-state index contributed by atoms with van der Waals surface area (Å²) >= 11 is 5.99. The first-order chi connectivity index (χ1) is 7.68. The van der Waals surface area contributed by atoms with Crippen molar-refractivity contribution in [2.45, 2.75) is 19.4 Å². The molecule has 1 aromatic carbocycles. The van der Waals surface area contributed by atoms with Crippen molar-refractivity contribution in [1.82, 2.24) is 9.55 Å². The molecule has 2 aromatic rings. The Morgan fingerprint density at radius 2 is 2.19 bits per heavy atom. The predicted molar refractivity (Wildman–Crippen MR) is 61.6 cm³/mol. The summed E-state index contributed by atoms with van der Waals surface area (Å²) in [7, 11) is 0. The van der Waals surface area contributed by atoms with Crippen molar-refractivity contribution in [1.29, 1.82) is 0 Å². The number of carboxylic acid groups (broad SMARTS) is 1. The van der Waals surface area contributed by atoms with Crippen molar-refractivity contribution >= 4 is 28.6 Å². The molecule has 4 nitrogen and oxygen atoms in total. The van der Waals surface area contributed by atoms with E-state index in [1.807, 2.05) is 28.8 Å². The van der Waals surface area contributed by atoms with Gasteiger partial charge in [0.1, 0.15) is 0 Å². The van der Waals surface area contributed by atoms with Crippen molar-refractivity contribution < 1.29 is 9.90 Å². The first-order valence-electron chi connectivity index (χ1n) is 5.01. The van der Waals surface area contributed by atoms with Crippen LogP contribution in [0, 0.1) is 0 Å². The van der Waals surface area contributed by atoms with Gasteiger partial charge >= 0.3 is 5.97 Å². The lowest BCUT2D eigenvalue weighted by Gasteiger charge is -2.03. The molecule has 0 radical (unpaired) electrons. The fraction of sp³-hybridized carbons (Fsp3) is 0.273. The highest BCUT2D eigenvalue weighted by molar-refractivity contribution is 6.29. The number of hydrogen-bond acceptors (Lipinski definition) is 2. The van der Waals surface area contributed by atoms with Crippen LogP contribution in [-0.2, 0) is 11.3 Å². The second-order valence-electron chi connectivity index (χ2n) is 3.52. The van der Waals surface area contributed by atoms with Crippen molar-refractivity contribution in [3.05, 3.63) is 29.5 Å². The Kier molecular flexibility index (Phi) is 3.10. The van der Waals surface area contributed by atoms with Crippen LogP contribution in [0.4, 0.5) is 0 Å². The highest BCUT2D eigenvalue weighted by Crippen LogP contribution is 2.19. The number of aliphatic carboxylic acids is 1. The van der Waals surface area contributed by atoms with Gasteiger partial charge in [-0.15, -0.1) is 0 Å². The Morgan fingerprint density at radius 3 is 2.94 bits per heavy atom. The van der Waals surface area contributed by atoms with Crippen LogP contribution in [0.2, 0.25) is 5.28 Å². The van der Waals surface area contributed by atoms with Gasteiger partial charge in [0.05, 0.1) is 11.0 Å². The molecule has 2 rings (SSSR count). The fourth-order valence-corrected chi connectivity index (χ4v) is 1.91. The van der Waals surface area contributed by atoms with E-state index in [0.29, 0.717) is 18.2 Å². The Morgan fingerprint density at radius 1 is 1.44 bits per heavy atom. The fourth-order valence-electron chi connectivity index (χ4n) is 1.65. The smallest absolute Gasteiger partial charge is 0.303 e. The zero-order chi connectivity index (χ0) is 11.5. The molecule has 0 aliphatic carbocycles. The number of para-hydroxylation sites is 2. The van der Waals surface area contributed by atoms with Crippen LogP contribution >= 0.6 is 11.6 Å². The van der Waals surface area contributed by atoms with Gasteiger partial charge in [-0.25, -0.2) is 4.98 Å². The number of aryl methyl sites for hydroxylation is 1. The maximum atomic E-state index is 10.4. The van der Waals surface area contributed by atoms with Gasteiger partial charge in [-0.05, 0) is 30.2 Å². The van der Waals surface area contributed by atoms with Crippen LogP contribution in [0.15, 0.2) is 24.3 Å². The molecule has 16 heavy (non-hydrogen) atoms. The van der Waals surface area contributed by atoms with Crippen LogP contribution in [0.1, 0.15) is 12.8 Å². The normalized spacial score (nSPS) is 10.8. The molecule has 0 unspecified atom stereocenters. The molecule has 84 valence electrons. The molecule has 0 spiro atoms. The number of nitrogens with zero attached hydrogens (tertiary/aromatic N) is 2. The number of aromatic nitrogens is 2. The van der Waals surface area contributed by atoms with Gasteiger partial charge < -0.3 is 9.67 Å². The largest absolute Gasteiger partial charge is 0.481 e. The van der Waals surface area contributed by atoms with E-state index >= 15 is 0 Å². The first-order valence-corrected chi connectivity index (χ1v) is 5.39. The van der Waals surface area contributed by atoms with E-state index in [4.69, 9.17) is 16.7 Å². The van der Waals surface area contributed by atoms with E-state index in [1.54, 1.807) is 0 Å². The monoisotopic (exact) mass is 238 g/mol. The maximum Gasteiger partial charge on any atom is 0.303 e. The average molecular weight is 239 g/mol. The van der Waals surface area contributed by atoms with Gasteiger partial charge in [-0.2, -0.15) is 0 Å². The minimum absolute atomic E-state index is 0.142. The molecule has 0 aliphatic heterocycles. The number of halogens is 1. The van der Waals surface area contributed by atoms with Gasteiger partial charge in [0, 0.05) is 13.0 Å². The van der Waals surface area contributed by atoms with E-state index in [0.717, 1.165) is 11.0 Å². The summed E-state index contributed by atoms with van der Waals surface area (Å²) in [5, 5.41) is 8.98. The van der Waals surface area contributed by atoms with Crippen molar-refractivity contribution in [2.75, 3.05) is 0 Å². The van der Waals surface area contributed by atoms with E-state index in [1.165, 1.54) is 0 Å². The second kappa shape index (κ2) is 4.53. The SMILES string of the molecule is O=C(O)CCCn1c(Cl)nc2ccccc21. The summed E-state index contributed by atoms with van der Waals surface area (Å²) < 4.78 is 1.83. The Hall–Kier alpha value is -1.55. The van der Waals surface area contributed by atoms with Gasteiger partial charge in [-0.1, -0.05) is 12.1 Å². The van der Waals surface area contributed by atoms with E-state index in [2.05, 4.69) is 4.98 Å². The quantitative estimate of drug-likeness (QED) is 0.891. The molecule has 1 heterocycles. The Balaban J connectivity index is 2.22. The van der Waals surface area contributed by atoms with Crippen LogP contribution in [0.25, 0.3) is 11.0 Å². The summed E-state index contributed by atoms with van der Waals surface area (Å²) in [5.41, 5.74) is 1.78. The third-order valence-corrected chi connectivity index (χ3v) is 2.67. The van der Waals surface area contributed by atoms with E-state index in [-0.39, 0.29) is 6.42 Å².